The molecule has 0 saturated carbocycles. The van der Waals surface area contributed by atoms with Crippen LogP contribution >= 0.6 is 0 Å². The Kier molecular flexibility index (Phi) is 4.33. The summed E-state index contributed by atoms with van der Waals surface area (Å²) in [5.74, 6) is 0.776. The highest BCUT2D eigenvalue weighted by Gasteiger charge is 2.21. The summed E-state index contributed by atoms with van der Waals surface area (Å²) in [5, 5.41) is 0. The highest BCUT2D eigenvalue weighted by Crippen LogP contribution is 2.20. The van der Waals surface area contributed by atoms with Crippen LogP contribution in [0.2, 0.25) is 0 Å². The van der Waals surface area contributed by atoms with Crippen LogP contribution in [-0.4, -0.2) is 24.6 Å². The van der Waals surface area contributed by atoms with Crippen LogP contribution in [0.15, 0.2) is 53.5 Å². The van der Waals surface area contributed by atoms with Crippen molar-refractivity contribution in [1.82, 2.24) is 0 Å². The summed E-state index contributed by atoms with van der Waals surface area (Å²) in [6.07, 6.45) is 1.87. The smallest absolute Gasteiger partial charge is 0.211 e. The van der Waals surface area contributed by atoms with Crippen molar-refractivity contribution in [2.45, 2.75) is 19.8 Å². The number of nitrogens with zero attached hydrogens (tertiary/aromatic N) is 1. The van der Waals surface area contributed by atoms with Gasteiger partial charge < -0.3 is 4.74 Å². The number of fused-ring (bicyclic) bond motifs is 1. The van der Waals surface area contributed by atoms with Gasteiger partial charge in [-0.3, -0.25) is 9.79 Å². The Morgan fingerprint density at radius 3 is 2.68 bits per heavy atom. The third-order valence-electron chi connectivity index (χ3n) is 3.73. The van der Waals surface area contributed by atoms with E-state index in [1.54, 1.807) is 0 Å². The van der Waals surface area contributed by atoms with Crippen LogP contribution in [0, 0.1) is 0 Å². The largest absolute Gasteiger partial charge is 0.494 e. The Morgan fingerprint density at radius 2 is 1.91 bits per heavy atom. The predicted octanol–water partition coefficient (Wildman–Crippen LogP) is 3.70. The molecule has 3 nitrogen and oxygen atoms in total. The van der Waals surface area contributed by atoms with Gasteiger partial charge in [0.2, 0.25) is 5.78 Å². The van der Waals surface area contributed by atoms with Gasteiger partial charge in [0.15, 0.2) is 0 Å². The Hall–Kier alpha value is -2.42. The molecule has 1 aliphatic rings. The molecule has 0 amide bonds. The van der Waals surface area contributed by atoms with Gasteiger partial charge in [0.25, 0.3) is 0 Å². The van der Waals surface area contributed by atoms with Crippen LogP contribution in [0.3, 0.4) is 0 Å². The predicted molar refractivity (Wildman–Crippen MR) is 88.1 cm³/mol. The summed E-state index contributed by atoms with van der Waals surface area (Å²) in [7, 11) is 0. The summed E-state index contributed by atoms with van der Waals surface area (Å²) in [4.78, 5) is 17.2. The average molecular weight is 293 g/mol. The van der Waals surface area contributed by atoms with Gasteiger partial charge in [0.1, 0.15) is 11.5 Å². The molecular weight excluding hydrogens is 274 g/mol. The number of ketones is 1. The van der Waals surface area contributed by atoms with Gasteiger partial charge in [0, 0.05) is 17.7 Å². The Morgan fingerprint density at radius 1 is 1.14 bits per heavy atom. The molecule has 0 aliphatic carbocycles. The van der Waals surface area contributed by atoms with E-state index in [-0.39, 0.29) is 5.78 Å². The molecule has 0 aromatic heterocycles. The number of carbonyl (C=O) groups is 1. The highest BCUT2D eigenvalue weighted by molar-refractivity contribution is 6.51. The number of Topliss-reactive ketones (excluding diaryl/α,β-unsaturated/α-hetero) is 1. The lowest BCUT2D eigenvalue weighted by atomic mass is 9.93. The number of ether oxygens (including phenoxy) is 1. The first-order chi connectivity index (χ1) is 10.8. The van der Waals surface area contributed by atoms with Crippen molar-refractivity contribution in [3.63, 3.8) is 0 Å². The molecule has 112 valence electrons. The molecule has 22 heavy (non-hydrogen) atoms. The minimum atomic E-state index is -0.0193. The van der Waals surface area contributed by atoms with E-state index in [1.807, 2.05) is 42.5 Å². The number of aliphatic imine (C=N–C) groups is 1. The zero-order valence-corrected chi connectivity index (χ0v) is 12.7. The van der Waals surface area contributed by atoms with Gasteiger partial charge in [0.05, 0.1) is 6.61 Å². The van der Waals surface area contributed by atoms with Crippen molar-refractivity contribution in [2.24, 2.45) is 4.99 Å². The Balaban J connectivity index is 1.83. The fourth-order valence-corrected chi connectivity index (χ4v) is 2.60. The van der Waals surface area contributed by atoms with Gasteiger partial charge in [-0.25, -0.2) is 0 Å². The fourth-order valence-electron chi connectivity index (χ4n) is 2.60. The van der Waals surface area contributed by atoms with Crippen molar-refractivity contribution < 1.29 is 9.53 Å². The molecule has 1 heterocycles. The van der Waals surface area contributed by atoms with E-state index in [9.17, 15) is 4.79 Å². The number of benzene rings is 2. The van der Waals surface area contributed by atoms with E-state index in [0.717, 1.165) is 24.2 Å². The van der Waals surface area contributed by atoms with Gasteiger partial charge in [-0.15, -0.1) is 0 Å². The second kappa shape index (κ2) is 6.56. The van der Waals surface area contributed by atoms with Crippen LogP contribution in [-0.2, 0) is 6.42 Å². The summed E-state index contributed by atoms with van der Waals surface area (Å²) in [6.45, 7) is 3.43. The minimum absolute atomic E-state index is 0.0193. The zero-order valence-electron chi connectivity index (χ0n) is 12.7. The normalized spacial score (nSPS) is 13.2. The Bertz CT molecular complexity index is 702. The van der Waals surface area contributed by atoms with Crippen molar-refractivity contribution in [2.75, 3.05) is 13.2 Å². The second-order valence-corrected chi connectivity index (χ2v) is 5.34. The number of carbonyl (C=O) groups excluding carboxylic acids is 1. The third-order valence-corrected chi connectivity index (χ3v) is 3.73. The van der Waals surface area contributed by atoms with E-state index in [4.69, 9.17) is 4.74 Å². The van der Waals surface area contributed by atoms with E-state index >= 15 is 0 Å². The molecule has 2 aromatic carbocycles. The van der Waals surface area contributed by atoms with Crippen LogP contribution in [0.1, 0.15) is 34.8 Å². The molecule has 0 bridgehead atoms. The first kappa shape index (κ1) is 14.5. The van der Waals surface area contributed by atoms with E-state index < -0.39 is 0 Å². The lowest BCUT2D eigenvalue weighted by Gasteiger charge is -2.16. The Labute approximate surface area is 130 Å². The lowest BCUT2D eigenvalue weighted by molar-refractivity contribution is 0.106. The van der Waals surface area contributed by atoms with Gasteiger partial charge in [-0.2, -0.15) is 0 Å². The quantitative estimate of drug-likeness (QED) is 0.788. The summed E-state index contributed by atoms with van der Waals surface area (Å²) >= 11 is 0. The monoisotopic (exact) mass is 293 g/mol. The van der Waals surface area contributed by atoms with Crippen molar-refractivity contribution in [3.8, 4) is 5.75 Å². The molecule has 0 radical (unpaired) electrons. The van der Waals surface area contributed by atoms with E-state index in [0.29, 0.717) is 24.4 Å². The van der Waals surface area contributed by atoms with Gasteiger partial charge >= 0.3 is 0 Å². The number of hydrogen-bond acceptors (Lipinski definition) is 3. The first-order valence-corrected chi connectivity index (χ1v) is 7.70. The SMILES string of the molecule is CCCOc1ccc(C(=O)C2=NCCc3ccccc32)cc1. The summed E-state index contributed by atoms with van der Waals surface area (Å²) in [6, 6.07) is 15.3. The standard InChI is InChI=1S/C19H19NO2/c1-2-13-22-16-9-7-15(8-10-16)19(21)18-17-6-4-3-5-14(17)11-12-20-18/h3-10H,2,11-13H2,1H3. The molecule has 0 fully saturated rings. The second-order valence-electron chi connectivity index (χ2n) is 5.34. The molecule has 0 unspecified atom stereocenters. The maximum Gasteiger partial charge on any atom is 0.211 e. The molecule has 0 spiro atoms. The molecular formula is C19H19NO2. The molecule has 3 heteroatoms. The fraction of sp³-hybridized carbons (Fsp3) is 0.263. The molecule has 0 N–H and O–H groups in total. The average Bonchev–Trinajstić information content (AvgIpc) is 2.59. The number of rotatable bonds is 5. The van der Waals surface area contributed by atoms with Gasteiger partial charge in [-0.1, -0.05) is 31.2 Å². The van der Waals surface area contributed by atoms with Crippen molar-refractivity contribution >= 4 is 11.5 Å². The van der Waals surface area contributed by atoms with Crippen LogP contribution in [0.4, 0.5) is 0 Å². The zero-order chi connectivity index (χ0) is 15.4. The highest BCUT2D eigenvalue weighted by atomic mass is 16.5. The van der Waals surface area contributed by atoms with E-state index in [1.165, 1.54) is 5.56 Å². The third kappa shape index (κ3) is 2.93. The maximum absolute atomic E-state index is 12.7. The molecule has 3 rings (SSSR count). The molecule has 1 aliphatic heterocycles. The van der Waals surface area contributed by atoms with Crippen LogP contribution < -0.4 is 4.74 Å². The topological polar surface area (TPSA) is 38.7 Å². The maximum atomic E-state index is 12.7. The first-order valence-electron chi connectivity index (χ1n) is 7.70. The van der Waals surface area contributed by atoms with Gasteiger partial charge in [-0.05, 0) is 42.7 Å². The van der Waals surface area contributed by atoms with Crippen molar-refractivity contribution in [1.29, 1.82) is 0 Å². The molecule has 0 atom stereocenters. The van der Waals surface area contributed by atoms with E-state index in [2.05, 4.69) is 18.0 Å². The molecule has 0 saturated heterocycles. The summed E-state index contributed by atoms with van der Waals surface area (Å²) < 4.78 is 5.55. The molecule has 2 aromatic rings. The van der Waals surface area contributed by atoms with Crippen LogP contribution in [0.5, 0.6) is 5.75 Å². The minimum Gasteiger partial charge on any atom is -0.494 e. The summed E-state index contributed by atoms with van der Waals surface area (Å²) in [5.41, 5.74) is 3.39. The van der Waals surface area contributed by atoms with Crippen molar-refractivity contribution in [3.05, 3.63) is 65.2 Å². The lowest BCUT2D eigenvalue weighted by Crippen LogP contribution is -2.22. The number of hydrogen-bond donors (Lipinski definition) is 0. The van der Waals surface area contributed by atoms with Crippen LogP contribution in [0.25, 0.3) is 0 Å².